The van der Waals surface area contributed by atoms with Crippen molar-refractivity contribution in [2.45, 2.75) is 6.10 Å². The van der Waals surface area contributed by atoms with Crippen molar-refractivity contribution in [3.63, 3.8) is 0 Å². The summed E-state index contributed by atoms with van der Waals surface area (Å²) in [6.07, 6.45) is 4.40. The molecule has 1 amide bonds. The molecule has 0 fully saturated rings. The number of rotatable bonds is 8. The third-order valence-corrected chi connectivity index (χ3v) is 3.44. The fourth-order valence-electron chi connectivity index (χ4n) is 2.16. The number of nitrogens with one attached hydrogen (secondary N) is 1. The summed E-state index contributed by atoms with van der Waals surface area (Å²) in [6, 6.07) is 9.00. The van der Waals surface area contributed by atoms with Crippen molar-refractivity contribution in [3.05, 3.63) is 54.0 Å². The quantitative estimate of drug-likeness (QED) is 0.753. The van der Waals surface area contributed by atoms with Crippen molar-refractivity contribution in [3.8, 4) is 11.5 Å². The van der Waals surface area contributed by atoms with Crippen molar-refractivity contribution < 1.29 is 23.4 Å². The molecule has 2 aromatic rings. The number of amides is 1. The lowest BCUT2D eigenvalue weighted by molar-refractivity contribution is -0.117. The molecule has 1 heterocycles. The number of hydrogen-bond acceptors (Lipinski definition) is 5. The maximum Gasteiger partial charge on any atom is 0.244 e. The van der Waals surface area contributed by atoms with Gasteiger partial charge in [-0.1, -0.05) is 6.07 Å². The summed E-state index contributed by atoms with van der Waals surface area (Å²) in [5.41, 5.74) is 0.831. The molecule has 0 saturated carbocycles. The molecular formula is C18H21NO5. The first-order chi connectivity index (χ1) is 11.7. The smallest absolute Gasteiger partial charge is 0.244 e. The number of ether oxygens (including phenoxy) is 3. The van der Waals surface area contributed by atoms with E-state index in [9.17, 15) is 4.79 Å². The van der Waals surface area contributed by atoms with Crippen molar-refractivity contribution in [1.82, 2.24) is 5.32 Å². The van der Waals surface area contributed by atoms with Crippen LogP contribution in [0.25, 0.3) is 6.08 Å². The topological polar surface area (TPSA) is 69.9 Å². The van der Waals surface area contributed by atoms with E-state index in [1.165, 1.54) is 6.08 Å². The number of carbonyl (C=O) groups excluding carboxylic acids is 1. The third-order valence-electron chi connectivity index (χ3n) is 3.44. The fourth-order valence-corrected chi connectivity index (χ4v) is 2.16. The highest BCUT2D eigenvalue weighted by Crippen LogP contribution is 2.27. The maximum atomic E-state index is 11.9. The summed E-state index contributed by atoms with van der Waals surface area (Å²) in [7, 11) is 4.71. The van der Waals surface area contributed by atoms with Gasteiger partial charge in [0.25, 0.3) is 0 Å². The Morgan fingerprint density at radius 3 is 2.62 bits per heavy atom. The van der Waals surface area contributed by atoms with E-state index >= 15 is 0 Å². The van der Waals surface area contributed by atoms with E-state index in [0.717, 1.165) is 5.56 Å². The maximum absolute atomic E-state index is 11.9. The SMILES string of the molecule is COc1ccc(/C=C/C(=O)NCC(OC)c2ccco2)cc1OC. The Hall–Kier alpha value is -2.73. The zero-order chi connectivity index (χ0) is 17.4. The molecule has 1 aromatic heterocycles. The van der Waals surface area contributed by atoms with Gasteiger partial charge in [-0.25, -0.2) is 0 Å². The number of methoxy groups -OCH3 is 3. The van der Waals surface area contributed by atoms with Crippen LogP contribution >= 0.6 is 0 Å². The van der Waals surface area contributed by atoms with Crippen LogP contribution < -0.4 is 14.8 Å². The molecule has 0 aliphatic carbocycles. The predicted octanol–water partition coefficient (Wildman–Crippen LogP) is 2.81. The van der Waals surface area contributed by atoms with Gasteiger partial charge in [0.15, 0.2) is 11.5 Å². The number of carbonyl (C=O) groups is 1. The highest BCUT2D eigenvalue weighted by Gasteiger charge is 2.13. The first-order valence-corrected chi connectivity index (χ1v) is 7.42. The van der Waals surface area contributed by atoms with E-state index in [-0.39, 0.29) is 12.0 Å². The third kappa shape index (κ3) is 4.63. The lowest BCUT2D eigenvalue weighted by Gasteiger charge is -2.12. The Kier molecular flexibility index (Phi) is 6.45. The van der Waals surface area contributed by atoms with Gasteiger partial charge in [0.1, 0.15) is 11.9 Å². The van der Waals surface area contributed by atoms with E-state index in [4.69, 9.17) is 18.6 Å². The van der Waals surface area contributed by atoms with Crippen LogP contribution in [0.1, 0.15) is 17.4 Å². The van der Waals surface area contributed by atoms with E-state index in [1.807, 2.05) is 6.07 Å². The molecule has 128 valence electrons. The standard InChI is InChI=1S/C18H21NO5/c1-21-14-8-6-13(11-16(14)22-2)7-9-18(20)19-12-17(23-3)15-5-4-10-24-15/h4-11,17H,12H2,1-3H3,(H,19,20)/b9-7+. The minimum absolute atomic E-state index is 0.224. The van der Waals surface area contributed by atoms with Crippen molar-refractivity contribution in [2.24, 2.45) is 0 Å². The normalized spacial score (nSPS) is 12.1. The molecule has 1 atom stereocenters. The molecule has 0 saturated heterocycles. The largest absolute Gasteiger partial charge is 0.493 e. The van der Waals surface area contributed by atoms with Crippen molar-refractivity contribution in [2.75, 3.05) is 27.9 Å². The summed E-state index contributed by atoms with van der Waals surface area (Å²) in [6.45, 7) is 0.319. The molecule has 1 unspecified atom stereocenters. The van der Waals surface area contributed by atoms with Crippen molar-refractivity contribution in [1.29, 1.82) is 0 Å². The molecule has 0 spiro atoms. The molecule has 6 heteroatoms. The molecule has 1 aromatic carbocycles. The van der Waals surface area contributed by atoms with Gasteiger partial charge in [-0.05, 0) is 35.9 Å². The van der Waals surface area contributed by atoms with Gasteiger partial charge in [0, 0.05) is 13.2 Å². The fraction of sp³-hybridized carbons (Fsp3) is 0.278. The molecule has 0 aliphatic rings. The number of benzene rings is 1. The van der Waals surface area contributed by atoms with E-state index in [0.29, 0.717) is 23.8 Å². The molecule has 0 aliphatic heterocycles. The van der Waals surface area contributed by atoms with Gasteiger partial charge in [-0.3, -0.25) is 4.79 Å². The minimum atomic E-state index is -0.321. The summed E-state index contributed by atoms with van der Waals surface area (Å²) < 4.78 is 21.0. The lowest BCUT2D eigenvalue weighted by atomic mass is 10.2. The Morgan fingerprint density at radius 2 is 2.00 bits per heavy atom. The second-order valence-electron chi connectivity index (χ2n) is 4.93. The van der Waals surface area contributed by atoms with Gasteiger partial charge < -0.3 is 23.9 Å². The van der Waals surface area contributed by atoms with Crippen LogP contribution in [0.5, 0.6) is 11.5 Å². The van der Waals surface area contributed by atoms with Crippen LogP contribution in [0.4, 0.5) is 0 Å². The monoisotopic (exact) mass is 331 g/mol. The first kappa shape index (κ1) is 17.6. The summed E-state index contributed by atoms with van der Waals surface area (Å²) in [4.78, 5) is 11.9. The molecule has 1 N–H and O–H groups in total. The number of hydrogen-bond donors (Lipinski definition) is 1. The summed E-state index contributed by atoms with van der Waals surface area (Å²) in [5, 5.41) is 2.78. The van der Waals surface area contributed by atoms with Crippen LogP contribution in [0, 0.1) is 0 Å². The van der Waals surface area contributed by atoms with Crippen LogP contribution in [0.2, 0.25) is 0 Å². The second kappa shape index (κ2) is 8.79. The zero-order valence-electron chi connectivity index (χ0n) is 13.9. The highest BCUT2D eigenvalue weighted by molar-refractivity contribution is 5.91. The predicted molar refractivity (Wildman–Crippen MR) is 90.0 cm³/mol. The summed E-state index contributed by atoms with van der Waals surface area (Å²) >= 11 is 0. The number of furan rings is 1. The molecule has 0 radical (unpaired) electrons. The van der Waals surface area contributed by atoms with E-state index in [2.05, 4.69) is 5.32 Å². The van der Waals surface area contributed by atoms with Gasteiger partial charge in [-0.2, -0.15) is 0 Å². The van der Waals surface area contributed by atoms with E-state index < -0.39 is 0 Å². The van der Waals surface area contributed by atoms with Crippen molar-refractivity contribution >= 4 is 12.0 Å². The van der Waals surface area contributed by atoms with Gasteiger partial charge >= 0.3 is 0 Å². The minimum Gasteiger partial charge on any atom is -0.493 e. The Labute approximate surface area is 141 Å². The highest BCUT2D eigenvalue weighted by atomic mass is 16.5. The average molecular weight is 331 g/mol. The zero-order valence-corrected chi connectivity index (χ0v) is 13.9. The molecule has 6 nitrogen and oxygen atoms in total. The van der Waals surface area contributed by atoms with Crippen LogP contribution in [0.15, 0.2) is 47.1 Å². The van der Waals surface area contributed by atoms with Crippen LogP contribution in [0.3, 0.4) is 0 Å². The van der Waals surface area contributed by atoms with Crippen LogP contribution in [-0.2, 0) is 9.53 Å². The summed E-state index contributed by atoms with van der Waals surface area (Å²) in [5.74, 6) is 1.69. The van der Waals surface area contributed by atoms with Gasteiger partial charge in [0.2, 0.25) is 5.91 Å². The molecule has 24 heavy (non-hydrogen) atoms. The Balaban J connectivity index is 1.93. The Morgan fingerprint density at radius 1 is 1.21 bits per heavy atom. The average Bonchev–Trinajstić information content (AvgIpc) is 3.14. The molecule has 0 bridgehead atoms. The van der Waals surface area contributed by atoms with Gasteiger partial charge in [0.05, 0.1) is 27.0 Å². The second-order valence-corrected chi connectivity index (χ2v) is 4.93. The molecular weight excluding hydrogens is 310 g/mol. The molecule has 2 rings (SSSR count). The lowest BCUT2D eigenvalue weighted by Crippen LogP contribution is -2.27. The first-order valence-electron chi connectivity index (χ1n) is 7.42. The van der Waals surface area contributed by atoms with E-state index in [1.54, 1.807) is 57.9 Å². The van der Waals surface area contributed by atoms with Crippen LogP contribution in [-0.4, -0.2) is 33.8 Å². The van der Waals surface area contributed by atoms with Gasteiger partial charge in [-0.15, -0.1) is 0 Å². The Bertz CT molecular complexity index is 679.